The minimum absolute atomic E-state index is 0.244. The van der Waals surface area contributed by atoms with Gasteiger partial charge in [-0.05, 0) is 11.1 Å². The van der Waals surface area contributed by atoms with Crippen molar-refractivity contribution in [1.29, 1.82) is 0 Å². The first-order valence-corrected chi connectivity index (χ1v) is 4.82. The number of hydrogen-bond acceptors (Lipinski definition) is 3. The van der Waals surface area contributed by atoms with Gasteiger partial charge >= 0.3 is 0 Å². The van der Waals surface area contributed by atoms with Crippen LogP contribution >= 0.6 is 0 Å². The number of rotatable bonds is 6. The lowest BCUT2D eigenvalue weighted by atomic mass is 10.2. The molecular formula is C10H13N5O. The quantitative estimate of drug-likeness (QED) is 0.422. The van der Waals surface area contributed by atoms with Gasteiger partial charge in [-0.15, -0.1) is 0 Å². The second-order valence-electron chi connectivity index (χ2n) is 3.24. The van der Waals surface area contributed by atoms with Gasteiger partial charge < -0.3 is 11.1 Å². The van der Waals surface area contributed by atoms with Crippen molar-refractivity contribution >= 4 is 5.91 Å². The fraction of sp³-hybridized carbons (Fsp3) is 0.300. The highest BCUT2D eigenvalue weighted by Gasteiger charge is 2.11. The highest BCUT2D eigenvalue weighted by atomic mass is 16.1. The number of hydrogen-bond donors (Lipinski definition) is 2. The minimum atomic E-state index is -0.839. The molecule has 1 atom stereocenters. The highest BCUT2D eigenvalue weighted by Crippen LogP contribution is 1.97. The van der Waals surface area contributed by atoms with E-state index in [1.54, 1.807) is 0 Å². The third-order valence-electron chi connectivity index (χ3n) is 2.03. The summed E-state index contributed by atoms with van der Waals surface area (Å²) in [6, 6.07) is 8.86. The Hall–Kier alpha value is -2.04. The lowest BCUT2D eigenvalue weighted by Crippen LogP contribution is -2.35. The predicted molar refractivity (Wildman–Crippen MR) is 60.3 cm³/mol. The molecular weight excluding hydrogens is 206 g/mol. The van der Waals surface area contributed by atoms with Gasteiger partial charge in [0, 0.05) is 18.0 Å². The van der Waals surface area contributed by atoms with E-state index in [4.69, 9.17) is 11.3 Å². The van der Waals surface area contributed by atoms with Gasteiger partial charge in [-0.1, -0.05) is 35.4 Å². The van der Waals surface area contributed by atoms with Crippen LogP contribution in [-0.4, -0.2) is 18.5 Å². The molecule has 16 heavy (non-hydrogen) atoms. The van der Waals surface area contributed by atoms with Crippen LogP contribution in [0.25, 0.3) is 10.4 Å². The Morgan fingerprint density at radius 2 is 2.19 bits per heavy atom. The highest BCUT2D eigenvalue weighted by molar-refractivity contribution is 5.80. The lowest BCUT2D eigenvalue weighted by Gasteiger charge is -2.08. The topological polar surface area (TPSA) is 104 Å². The van der Waals surface area contributed by atoms with E-state index in [0.29, 0.717) is 6.54 Å². The maximum Gasteiger partial charge on any atom is 0.227 e. The molecule has 0 spiro atoms. The number of amides is 1. The molecule has 0 aromatic heterocycles. The van der Waals surface area contributed by atoms with E-state index in [1.807, 2.05) is 30.3 Å². The van der Waals surface area contributed by atoms with E-state index < -0.39 is 11.9 Å². The van der Waals surface area contributed by atoms with Crippen LogP contribution in [0.5, 0.6) is 0 Å². The van der Waals surface area contributed by atoms with E-state index in [2.05, 4.69) is 15.3 Å². The van der Waals surface area contributed by atoms with Crippen molar-refractivity contribution < 1.29 is 4.79 Å². The molecule has 1 rings (SSSR count). The first-order chi connectivity index (χ1) is 7.74. The molecule has 6 heteroatoms. The zero-order chi connectivity index (χ0) is 11.8. The minimum Gasteiger partial charge on any atom is -0.369 e. The number of primary amides is 1. The Labute approximate surface area is 93.1 Å². The average Bonchev–Trinajstić information content (AvgIpc) is 2.29. The molecule has 0 aliphatic heterocycles. The Morgan fingerprint density at radius 1 is 1.50 bits per heavy atom. The molecule has 0 saturated carbocycles. The molecule has 84 valence electrons. The first-order valence-electron chi connectivity index (χ1n) is 4.82. The van der Waals surface area contributed by atoms with Crippen LogP contribution in [0.15, 0.2) is 35.4 Å². The van der Waals surface area contributed by atoms with Crippen LogP contribution in [0.2, 0.25) is 0 Å². The fourth-order valence-electron chi connectivity index (χ4n) is 1.21. The zero-order valence-corrected chi connectivity index (χ0v) is 8.71. The largest absolute Gasteiger partial charge is 0.369 e. The first kappa shape index (κ1) is 12.0. The van der Waals surface area contributed by atoms with E-state index in [0.717, 1.165) is 5.56 Å². The Kier molecular flexibility index (Phi) is 4.85. The molecule has 3 N–H and O–H groups in total. The summed E-state index contributed by atoms with van der Waals surface area (Å²) < 4.78 is 0. The molecule has 0 heterocycles. The van der Waals surface area contributed by atoms with Crippen LogP contribution in [0.4, 0.5) is 0 Å². The van der Waals surface area contributed by atoms with E-state index in [1.165, 1.54) is 0 Å². The fourth-order valence-corrected chi connectivity index (χ4v) is 1.21. The van der Waals surface area contributed by atoms with Gasteiger partial charge in [0.25, 0.3) is 0 Å². The summed E-state index contributed by atoms with van der Waals surface area (Å²) in [5.41, 5.74) is 14.4. The Balaban J connectivity index is 2.39. The molecule has 0 radical (unpaired) electrons. The summed E-state index contributed by atoms with van der Waals surface area (Å²) in [5, 5.41) is 6.30. The summed E-state index contributed by atoms with van der Waals surface area (Å²) in [7, 11) is 0. The monoisotopic (exact) mass is 219 g/mol. The van der Waals surface area contributed by atoms with Crippen molar-refractivity contribution in [3.8, 4) is 0 Å². The summed E-state index contributed by atoms with van der Waals surface area (Å²) >= 11 is 0. The smallest absolute Gasteiger partial charge is 0.227 e. The standard InChI is InChI=1S/C10H13N5O/c11-10(16)9(14-15-12)7-13-6-8-4-2-1-3-5-8/h1-5,9,13H,6-7H2,(H2,11,16)/t9-/m1/s1. The predicted octanol–water partition coefficient (Wildman–Crippen LogP) is 0.940. The number of benzene rings is 1. The van der Waals surface area contributed by atoms with Gasteiger partial charge in [0.2, 0.25) is 5.91 Å². The lowest BCUT2D eigenvalue weighted by molar-refractivity contribution is -0.119. The Bertz CT molecular complexity index is 383. The van der Waals surface area contributed by atoms with E-state index in [-0.39, 0.29) is 6.54 Å². The van der Waals surface area contributed by atoms with Gasteiger partial charge in [0.05, 0.1) is 0 Å². The average molecular weight is 219 g/mol. The van der Waals surface area contributed by atoms with E-state index in [9.17, 15) is 4.79 Å². The second-order valence-corrected chi connectivity index (χ2v) is 3.24. The number of nitrogens with one attached hydrogen (secondary N) is 1. The molecule has 0 aliphatic rings. The normalized spacial score (nSPS) is 11.5. The SMILES string of the molecule is [N-]=[N+]=N[C@H](CNCc1ccccc1)C(N)=O. The third kappa shape index (κ3) is 4.00. The molecule has 0 unspecified atom stereocenters. The molecule has 1 aromatic rings. The third-order valence-corrected chi connectivity index (χ3v) is 2.03. The van der Waals surface area contributed by atoms with Gasteiger partial charge in [-0.3, -0.25) is 4.79 Å². The van der Waals surface area contributed by atoms with Gasteiger partial charge in [-0.2, -0.15) is 0 Å². The van der Waals surface area contributed by atoms with Crippen molar-refractivity contribution in [3.63, 3.8) is 0 Å². The molecule has 0 aliphatic carbocycles. The molecule has 0 saturated heterocycles. The van der Waals surface area contributed by atoms with Gasteiger partial charge in [0.1, 0.15) is 6.04 Å². The number of carbonyl (C=O) groups is 1. The maximum atomic E-state index is 10.8. The van der Waals surface area contributed by atoms with Crippen LogP contribution in [0.3, 0.4) is 0 Å². The van der Waals surface area contributed by atoms with Crippen molar-refractivity contribution in [3.05, 3.63) is 46.3 Å². The summed E-state index contributed by atoms with van der Waals surface area (Å²) in [4.78, 5) is 13.4. The van der Waals surface area contributed by atoms with Crippen molar-refractivity contribution in [1.82, 2.24) is 5.32 Å². The van der Waals surface area contributed by atoms with Crippen molar-refractivity contribution in [2.45, 2.75) is 12.6 Å². The van der Waals surface area contributed by atoms with E-state index >= 15 is 0 Å². The maximum absolute atomic E-state index is 10.8. The molecule has 1 aromatic carbocycles. The van der Waals surface area contributed by atoms with Crippen LogP contribution in [-0.2, 0) is 11.3 Å². The van der Waals surface area contributed by atoms with Crippen LogP contribution in [0, 0.1) is 0 Å². The van der Waals surface area contributed by atoms with Crippen LogP contribution in [0.1, 0.15) is 5.56 Å². The van der Waals surface area contributed by atoms with Gasteiger partial charge in [0.15, 0.2) is 0 Å². The number of carbonyl (C=O) groups excluding carboxylic acids is 1. The molecule has 1 amide bonds. The number of nitrogens with zero attached hydrogens (tertiary/aromatic N) is 3. The number of azide groups is 1. The number of nitrogens with two attached hydrogens (primary N) is 1. The molecule has 0 bridgehead atoms. The summed E-state index contributed by atoms with van der Waals surface area (Å²) in [5.74, 6) is -0.627. The molecule has 0 fully saturated rings. The zero-order valence-electron chi connectivity index (χ0n) is 8.71. The second kappa shape index (κ2) is 6.44. The van der Waals surface area contributed by atoms with Crippen molar-refractivity contribution in [2.75, 3.05) is 6.54 Å². The van der Waals surface area contributed by atoms with Gasteiger partial charge in [-0.25, -0.2) is 0 Å². The Morgan fingerprint density at radius 3 is 2.75 bits per heavy atom. The summed E-state index contributed by atoms with van der Waals surface area (Å²) in [6.45, 7) is 0.847. The van der Waals surface area contributed by atoms with Crippen LogP contribution < -0.4 is 11.1 Å². The van der Waals surface area contributed by atoms with Crippen molar-refractivity contribution in [2.24, 2.45) is 10.8 Å². The molecule has 6 nitrogen and oxygen atoms in total. The summed E-state index contributed by atoms with van der Waals surface area (Å²) in [6.07, 6.45) is 0.